The third-order valence-corrected chi connectivity index (χ3v) is 4.14. The summed E-state index contributed by atoms with van der Waals surface area (Å²) in [4.78, 5) is 29.2. The highest BCUT2D eigenvalue weighted by Gasteiger charge is 2.59. The number of likely N-dealkylation sites (N-methyl/N-ethyl adjacent to an activating group) is 2. The molecule has 0 radical (unpaired) electrons. The summed E-state index contributed by atoms with van der Waals surface area (Å²) in [5.41, 5.74) is 0.0216. The van der Waals surface area contributed by atoms with Crippen LogP contribution in [0, 0.1) is 0 Å². The van der Waals surface area contributed by atoms with Crippen molar-refractivity contribution in [3.63, 3.8) is 0 Å². The summed E-state index contributed by atoms with van der Waals surface area (Å²) in [5.74, 6) is -0.152. The minimum atomic E-state index is -1.10. The van der Waals surface area contributed by atoms with Gasteiger partial charge in [0, 0.05) is 24.2 Å². The zero-order valence-electron chi connectivity index (χ0n) is 10.6. The zero-order valence-corrected chi connectivity index (χ0v) is 10.6. The Morgan fingerprint density at radius 2 is 1.39 bits per heavy atom. The average molecular weight is 244 g/mol. The first-order valence-electron chi connectivity index (χ1n) is 6.21. The van der Waals surface area contributed by atoms with Crippen LogP contribution in [0.3, 0.4) is 0 Å². The van der Waals surface area contributed by atoms with E-state index in [0.29, 0.717) is 11.1 Å². The van der Waals surface area contributed by atoms with E-state index in [1.165, 1.54) is 0 Å². The Balaban J connectivity index is 2.21. The fourth-order valence-corrected chi connectivity index (χ4v) is 3.21. The first-order chi connectivity index (χ1) is 8.60. The molecule has 1 heterocycles. The average Bonchev–Trinajstić information content (AvgIpc) is 2.59. The molecule has 4 nitrogen and oxygen atoms in total. The summed E-state index contributed by atoms with van der Waals surface area (Å²) in [6.45, 7) is 1.55. The zero-order chi connectivity index (χ0) is 12.9. The highest BCUT2D eigenvalue weighted by atomic mass is 16.2. The molecule has 0 amide bonds. The molecule has 94 valence electrons. The lowest BCUT2D eigenvalue weighted by Crippen LogP contribution is -2.68. The highest BCUT2D eigenvalue weighted by Crippen LogP contribution is 2.37. The van der Waals surface area contributed by atoms with Crippen LogP contribution in [0.2, 0.25) is 0 Å². The maximum absolute atomic E-state index is 12.7. The predicted octanol–water partition coefficient (Wildman–Crippen LogP) is 1.03. The molecule has 18 heavy (non-hydrogen) atoms. The van der Waals surface area contributed by atoms with E-state index in [4.69, 9.17) is 0 Å². The lowest BCUT2D eigenvalue weighted by molar-refractivity contribution is -0.0185. The number of rotatable bonds is 0. The number of carbonyl (C=O) groups excluding carboxylic acids is 2. The van der Waals surface area contributed by atoms with Crippen LogP contribution in [0.15, 0.2) is 24.3 Å². The summed E-state index contributed by atoms with van der Waals surface area (Å²) >= 11 is 0. The van der Waals surface area contributed by atoms with Crippen LogP contribution in [0.25, 0.3) is 0 Å². The van der Waals surface area contributed by atoms with Crippen LogP contribution in [0.1, 0.15) is 27.1 Å². The van der Waals surface area contributed by atoms with E-state index in [-0.39, 0.29) is 11.6 Å². The van der Waals surface area contributed by atoms with Crippen LogP contribution >= 0.6 is 0 Å². The van der Waals surface area contributed by atoms with Crippen molar-refractivity contribution < 1.29 is 9.59 Å². The van der Waals surface area contributed by atoms with E-state index < -0.39 is 5.66 Å². The summed E-state index contributed by atoms with van der Waals surface area (Å²) in [7, 11) is 3.72. The quantitative estimate of drug-likeness (QED) is 0.639. The summed E-state index contributed by atoms with van der Waals surface area (Å²) in [6.07, 6.45) is 0.978. The van der Waals surface area contributed by atoms with Gasteiger partial charge in [0.2, 0.25) is 17.2 Å². The van der Waals surface area contributed by atoms with Gasteiger partial charge in [0.05, 0.1) is 0 Å². The van der Waals surface area contributed by atoms with E-state index >= 15 is 0 Å². The van der Waals surface area contributed by atoms with Crippen LogP contribution in [0.5, 0.6) is 0 Å². The first kappa shape index (κ1) is 11.6. The molecule has 1 aliphatic heterocycles. The van der Waals surface area contributed by atoms with Crippen molar-refractivity contribution in [3.05, 3.63) is 35.4 Å². The van der Waals surface area contributed by atoms with Gasteiger partial charge in [-0.1, -0.05) is 24.3 Å². The number of ketones is 2. The standard InChI is InChI=1S/C14H16N2O2/c1-15-8-5-9-16(2)14(15)12(17)10-6-3-4-7-11(10)13(14)18/h3-4,6-7H,5,8-9H2,1-2H3. The minimum Gasteiger partial charge on any atom is -0.290 e. The van der Waals surface area contributed by atoms with Gasteiger partial charge in [-0.15, -0.1) is 0 Å². The van der Waals surface area contributed by atoms with Gasteiger partial charge >= 0.3 is 0 Å². The first-order valence-corrected chi connectivity index (χ1v) is 6.21. The number of fused-ring (bicyclic) bond motifs is 1. The second kappa shape index (κ2) is 3.73. The lowest BCUT2D eigenvalue weighted by Gasteiger charge is -2.46. The topological polar surface area (TPSA) is 40.6 Å². The fraction of sp³-hybridized carbons (Fsp3) is 0.429. The molecular formula is C14H16N2O2. The van der Waals surface area contributed by atoms with Crippen LogP contribution in [-0.4, -0.2) is 54.2 Å². The molecule has 0 unspecified atom stereocenters. The number of Topliss-reactive ketones (excluding diaryl/α,β-unsaturated/α-hetero) is 2. The van der Waals surface area contributed by atoms with Crippen LogP contribution < -0.4 is 0 Å². The van der Waals surface area contributed by atoms with Crippen molar-refractivity contribution in [2.75, 3.05) is 27.2 Å². The van der Waals surface area contributed by atoms with E-state index in [1.54, 1.807) is 12.1 Å². The Hall–Kier alpha value is -1.52. The third-order valence-electron chi connectivity index (χ3n) is 4.14. The Bertz CT molecular complexity index is 491. The van der Waals surface area contributed by atoms with Gasteiger partial charge in [0.15, 0.2) is 0 Å². The van der Waals surface area contributed by atoms with Gasteiger partial charge in [-0.2, -0.15) is 0 Å². The van der Waals surface area contributed by atoms with Gasteiger partial charge < -0.3 is 0 Å². The minimum absolute atomic E-state index is 0.0761. The van der Waals surface area contributed by atoms with Crippen LogP contribution in [0.4, 0.5) is 0 Å². The summed E-state index contributed by atoms with van der Waals surface area (Å²) < 4.78 is 0. The molecule has 1 aliphatic carbocycles. The van der Waals surface area contributed by atoms with Gasteiger partial charge in [-0.05, 0) is 20.5 Å². The molecule has 1 spiro atoms. The Morgan fingerprint density at radius 1 is 0.944 bits per heavy atom. The van der Waals surface area contributed by atoms with Crippen molar-refractivity contribution in [1.82, 2.24) is 9.80 Å². The van der Waals surface area contributed by atoms with Gasteiger partial charge in [0.25, 0.3) is 0 Å². The second-order valence-corrected chi connectivity index (χ2v) is 5.07. The largest absolute Gasteiger partial charge is 0.290 e. The normalized spacial score (nSPS) is 23.7. The molecule has 2 aliphatic rings. The van der Waals surface area contributed by atoms with Crippen molar-refractivity contribution in [2.24, 2.45) is 0 Å². The van der Waals surface area contributed by atoms with E-state index in [9.17, 15) is 9.59 Å². The van der Waals surface area contributed by atoms with Gasteiger partial charge in [0.1, 0.15) is 0 Å². The molecule has 1 fully saturated rings. The van der Waals surface area contributed by atoms with Gasteiger partial charge in [-0.3, -0.25) is 19.4 Å². The molecule has 1 aromatic rings. The summed E-state index contributed by atoms with van der Waals surface area (Å²) in [5, 5.41) is 0. The monoisotopic (exact) mass is 244 g/mol. The maximum atomic E-state index is 12.7. The van der Waals surface area contributed by atoms with E-state index in [2.05, 4.69) is 0 Å². The SMILES string of the molecule is CN1CCCN(C)C12C(=O)c1ccccc1C2=O. The number of benzene rings is 1. The van der Waals surface area contributed by atoms with E-state index in [0.717, 1.165) is 19.5 Å². The smallest absolute Gasteiger partial charge is 0.206 e. The molecule has 4 heteroatoms. The van der Waals surface area contributed by atoms with Crippen molar-refractivity contribution in [2.45, 2.75) is 12.1 Å². The molecule has 0 aromatic heterocycles. The van der Waals surface area contributed by atoms with E-state index in [1.807, 2.05) is 36.0 Å². The maximum Gasteiger partial charge on any atom is 0.206 e. The van der Waals surface area contributed by atoms with Crippen molar-refractivity contribution in [3.8, 4) is 0 Å². The number of hydrogen-bond donors (Lipinski definition) is 0. The number of hydrogen-bond acceptors (Lipinski definition) is 4. The van der Waals surface area contributed by atoms with Crippen LogP contribution in [-0.2, 0) is 0 Å². The van der Waals surface area contributed by atoms with Gasteiger partial charge in [-0.25, -0.2) is 0 Å². The number of carbonyl (C=O) groups is 2. The third kappa shape index (κ3) is 1.17. The molecule has 3 rings (SSSR count). The molecule has 0 saturated carbocycles. The molecule has 0 atom stereocenters. The van der Waals surface area contributed by atoms with Crippen molar-refractivity contribution >= 4 is 11.6 Å². The lowest BCUT2D eigenvalue weighted by atomic mass is 9.97. The highest BCUT2D eigenvalue weighted by molar-refractivity contribution is 6.32. The van der Waals surface area contributed by atoms with Crippen molar-refractivity contribution in [1.29, 1.82) is 0 Å². The fourth-order valence-electron chi connectivity index (χ4n) is 3.21. The Labute approximate surface area is 106 Å². The Kier molecular flexibility index (Phi) is 2.40. The Morgan fingerprint density at radius 3 is 1.83 bits per heavy atom. The second-order valence-electron chi connectivity index (χ2n) is 5.07. The number of nitrogens with zero attached hydrogens (tertiary/aromatic N) is 2. The molecule has 0 bridgehead atoms. The molecule has 1 saturated heterocycles. The molecule has 0 N–H and O–H groups in total. The molecular weight excluding hydrogens is 228 g/mol. The molecule has 1 aromatic carbocycles. The predicted molar refractivity (Wildman–Crippen MR) is 67.7 cm³/mol. The summed E-state index contributed by atoms with van der Waals surface area (Å²) in [6, 6.07) is 7.12.